The standard InChI is InChI=1S/C13H19NO.C2H6/c1-4-6-15-13-10(3)7-11(5-2)8-12(13)9-14;1-2/h4,7-8H,1,5-6,9,14H2,2-3H3;1-2H3. The zero-order valence-corrected chi connectivity index (χ0v) is 11.5. The average Bonchev–Trinajstić information content (AvgIpc) is 2.38. The van der Waals surface area contributed by atoms with Crippen molar-refractivity contribution in [1.29, 1.82) is 0 Å². The van der Waals surface area contributed by atoms with Gasteiger partial charge in [-0.3, -0.25) is 0 Å². The van der Waals surface area contributed by atoms with Gasteiger partial charge in [-0.05, 0) is 24.5 Å². The summed E-state index contributed by atoms with van der Waals surface area (Å²) in [5, 5.41) is 0. The molecule has 0 aliphatic carbocycles. The lowest BCUT2D eigenvalue weighted by molar-refractivity contribution is 0.356. The first-order valence-electron chi connectivity index (χ1n) is 6.29. The van der Waals surface area contributed by atoms with Gasteiger partial charge >= 0.3 is 0 Å². The van der Waals surface area contributed by atoms with E-state index in [9.17, 15) is 0 Å². The highest BCUT2D eigenvalue weighted by Gasteiger charge is 2.07. The number of ether oxygens (including phenoxy) is 1. The van der Waals surface area contributed by atoms with Crippen molar-refractivity contribution in [3.8, 4) is 5.75 Å². The summed E-state index contributed by atoms with van der Waals surface area (Å²) >= 11 is 0. The maximum absolute atomic E-state index is 5.71. The molecule has 0 aromatic heterocycles. The van der Waals surface area contributed by atoms with Crippen LogP contribution >= 0.6 is 0 Å². The van der Waals surface area contributed by atoms with E-state index in [-0.39, 0.29) is 0 Å². The monoisotopic (exact) mass is 235 g/mol. The van der Waals surface area contributed by atoms with Gasteiger partial charge in [0, 0.05) is 12.1 Å². The molecule has 0 aliphatic rings. The van der Waals surface area contributed by atoms with Gasteiger partial charge in [0.25, 0.3) is 0 Å². The Kier molecular flexibility index (Phi) is 8.16. The van der Waals surface area contributed by atoms with Gasteiger partial charge in [-0.25, -0.2) is 0 Å². The molecule has 1 aromatic carbocycles. The Morgan fingerprint density at radius 2 is 2.00 bits per heavy atom. The number of aryl methyl sites for hydroxylation is 2. The first-order valence-corrected chi connectivity index (χ1v) is 6.29. The molecule has 2 heteroatoms. The quantitative estimate of drug-likeness (QED) is 0.791. The fraction of sp³-hybridized carbons (Fsp3) is 0.467. The molecule has 0 radical (unpaired) electrons. The Hall–Kier alpha value is -1.28. The molecule has 0 heterocycles. The Morgan fingerprint density at radius 3 is 2.47 bits per heavy atom. The second-order valence-corrected chi connectivity index (χ2v) is 3.56. The first kappa shape index (κ1) is 15.7. The Morgan fingerprint density at radius 1 is 1.35 bits per heavy atom. The van der Waals surface area contributed by atoms with E-state index >= 15 is 0 Å². The third kappa shape index (κ3) is 4.61. The molecule has 1 rings (SSSR count). The van der Waals surface area contributed by atoms with Crippen LogP contribution < -0.4 is 10.5 Å². The zero-order valence-electron chi connectivity index (χ0n) is 11.5. The zero-order chi connectivity index (χ0) is 13.3. The van der Waals surface area contributed by atoms with Crippen LogP contribution in [-0.2, 0) is 13.0 Å². The molecule has 2 nitrogen and oxygen atoms in total. The Bertz CT molecular complexity index is 345. The molecule has 2 N–H and O–H groups in total. The van der Waals surface area contributed by atoms with Crippen LogP contribution in [0.25, 0.3) is 0 Å². The molecular formula is C15H25NO. The maximum atomic E-state index is 5.71. The van der Waals surface area contributed by atoms with Crippen molar-refractivity contribution in [3.63, 3.8) is 0 Å². The predicted molar refractivity (Wildman–Crippen MR) is 75.5 cm³/mol. The van der Waals surface area contributed by atoms with Gasteiger partial charge in [-0.1, -0.05) is 45.6 Å². The van der Waals surface area contributed by atoms with Crippen molar-refractivity contribution in [1.82, 2.24) is 0 Å². The topological polar surface area (TPSA) is 35.2 Å². The molecule has 0 atom stereocenters. The second kappa shape index (κ2) is 8.82. The van der Waals surface area contributed by atoms with Crippen LogP contribution in [0.1, 0.15) is 37.5 Å². The lowest BCUT2D eigenvalue weighted by Gasteiger charge is -2.13. The van der Waals surface area contributed by atoms with E-state index in [1.165, 1.54) is 5.56 Å². The molecule has 17 heavy (non-hydrogen) atoms. The van der Waals surface area contributed by atoms with Crippen LogP contribution in [-0.4, -0.2) is 6.61 Å². The number of nitrogens with two attached hydrogens (primary N) is 1. The van der Waals surface area contributed by atoms with Gasteiger partial charge in [-0.2, -0.15) is 0 Å². The van der Waals surface area contributed by atoms with Crippen molar-refractivity contribution < 1.29 is 4.74 Å². The summed E-state index contributed by atoms with van der Waals surface area (Å²) in [7, 11) is 0. The minimum absolute atomic E-state index is 0.515. The van der Waals surface area contributed by atoms with Crippen LogP contribution in [0.2, 0.25) is 0 Å². The third-order valence-corrected chi connectivity index (χ3v) is 2.39. The van der Waals surface area contributed by atoms with E-state index in [1.807, 2.05) is 13.8 Å². The Balaban J connectivity index is 0.00000121. The summed E-state index contributed by atoms with van der Waals surface area (Å²) in [6.07, 6.45) is 2.77. The van der Waals surface area contributed by atoms with Crippen molar-refractivity contribution in [3.05, 3.63) is 41.5 Å². The van der Waals surface area contributed by atoms with Crippen LogP contribution in [0.3, 0.4) is 0 Å². The first-order chi connectivity index (χ1) is 8.22. The van der Waals surface area contributed by atoms with Crippen LogP contribution in [0.15, 0.2) is 24.8 Å². The van der Waals surface area contributed by atoms with Gasteiger partial charge in [0.1, 0.15) is 12.4 Å². The van der Waals surface area contributed by atoms with Crippen molar-refractivity contribution >= 4 is 0 Å². The van der Waals surface area contributed by atoms with Crippen molar-refractivity contribution in [2.75, 3.05) is 6.61 Å². The van der Waals surface area contributed by atoms with E-state index in [0.717, 1.165) is 23.3 Å². The molecule has 0 saturated carbocycles. The molecular weight excluding hydrogens is 210 g/mol. The van der Waals surface area contributed by atoms with Gasteiger partial charge in [0.05, 0.1) is 0 Å². The van der Waals surface area contributed by atoms with Crippen LogP contribution in [0, 0.1) is 6.92 Å². The normalized spacial score (nSPS) is 9.24. The lowest BCUT2D eigenvalue weighted by Crippen LogP contribution is -2.05. The van der Waals surface area contributed by atoms with Gasteiger partial charge < -0.3 is 10.5 Å². The number of rotatable bonds is 5. The summed E-state index contributed by atoms with van der Waals surface area (Å²) in [5.41, 5.74) is 9.24. The van der Waals surface area contributed by atoms with E-state index < -0.39 is 0 Å². The van der Waals surface area contributed by atoms with Crippen molar-refractivity contribution in [2.24, 2.45) is 5.73 Å². The molecule has 0 amide bonds. The maximum Gasteiger partial charge on any atom is 0.127 e. The molecule has 0 saturated heterocycles. The summed E-state index contributed by atoms with van der Waals surface area (Å²) in [6.45, 7) is 12.9. The summed E-state index contributed by atoms with van der Waals surface area (Å²) in [6, 6.07) is 4.27. The third-order valence-electron chi connectivity index (χ3n) is 2.39. The molecule has 0 aliphatic heterocycles. The highest BCUT2D eigenvalue weighted by Crippen LogP contribution is 2.25. The fourth-order valence-electron chi connectivity index (χ4n) is 1.63. The number of hydrogen-bond donors (Lipinski definition) is 1. The smallest absolute Gasteiger partial charge is 0.127 e. The van der Waals surface area contributed by atoms with E-state index in [2.05, 4.69) is 32.6 Å². The van der Waals surface area contributed by atoms with Gasteiger partial charge in [-0.15, -0.1) is 0 Å². The minimum atomic E-state index is 0.515. The molecule has 0 unspecified atom stereocenters. The van der Waals surface area contributed by atoms with Crippen molar-refractivity contribution in [2.45, 2.75) is 40.7 Å². The minimum Gasteiger partial charge on any atom is -0.489 e. The van der Waals surface area contributed by atoms with E-state index in [0.29, 0.717) is 13.2 Å². The molecule has 0 spiro atoms. The van der Waals surface area contributed by atoms with Gasteiger partial charge in [0.2, 0.25) is 0 Å². The largest absolute Gasteiger partial charge is 0.489 e. The highest BCUT2D eigenvalue weighted by molar-refractivity contribution is 5.44. The van der Waals surface area contributed by atoms with E-state index in [1.54, 1.807) is 6.08 Å². The molecule has 1 aromatic rings. The van der Waals surface area contributed by atoms with E-state index in [4.69, 9.17) is 10.5 Å². The second-order valence-electron chi connectivity index (χ2n) is 3.56. The Labute approximate surface area is 105 Å². The molecule has 0 bridgehead atoms. The van der Waals surface area contributed by atoms with Crippen LogP contribution in [0.5, 0.6) is 5.75 Å². The predicted octanol–water partition coefficient (Wildman–Crippen LogP) is 3.61. The number of benzene rings is 1. The van der Waals surface area contributed by atoms with Crippen LogP contribution in [0.4, 0.5) is 0 Å². The SMILES string of the molecule is C=CCOc1c(C)cc(CC)cc1CN.CC. The number of hydrogen-bond acceptors (Lipinski definition) is 2. The molecule has 96 valence electrons. The summed E-state index contributed by atoms with van der Waals surface area (Å²) in [5.74, 6) is 0.912. The summed E-state index contributed by atoms with van der Waals surface area (Å²) in [4.78, 5) is 0. The highest BCUT2D eigenvalue weighted by atomic mass is 16.5. The average molecular weight is 235 g/mol. The fourth-order valence-corrected chi connectivity index (χ4v) is 1.63. The summed E-state index contributed by atoms with van der Waals surface area (Å²) < 4.78 is 5.61. The molecule has 0 fully saturated rings. The van der Waals surface area contributed by atoms with Gasteiger partial charge in [0.15, 0.2) is 0 Å². The lowest BCUT2D eigenvalue weighted by atomic mass is 10.0.